The van der Waals surface area contributed by atoms with Crippen molar-refractivity contribution in [3.8, 4) is 0 Å². The molecular weight excluding hydrogens is 248 g/mol. The molecule has 0 radical (unpaired) electrons. The predicted molar refractivity (Wildman–Crippen MR) is 82.9 cm³/mol. The van der Waals surface area contributed by atoms with Crippen LogP contribution in [0.1, 0.15) is 46.0 Å². The Morgan fingerprint density at radius 2 is 1.95 bits per heavy atom. The number of ether oxygens (including phenoxy) is 1. The summed E-state index contributed by atoms with van der Waals surface area (Å²) in [5.41, 5.74) is 0.479. The van der Waals surface area contributed by atoms with E-state index in [1.165, 1.54) is 58.3 Å². The molecule has 1 N–H and O–H groups in total. The molecule has 20 heavy (non-hydrogen) atoms. The third-order valence-corrected chi connectivity index (χ3v) is 5.71. The topological polar surface area (TPSA) is 24.5 Å². The van der Waals surface area contributed by atoms with Crippen LogP contribution < -0.4 is 5.32 Å². The first-order chi connectivity index (χ1) is 9.67. The number of nitrogens with zero attached hydrogens (tertiary/aromatic N) is 1. The number of hydrogen-bond acceptors (Lipinski definition) is 3. The highest BCUT2D eigenvalue weighted by atomic mass is 16.5. The van der Waals surface area contributed by atoms with Crippen LogP contribution in [0.5, 0.6) is 0 Å². The monoisotopic (exact) mass is 280 g/mol. The van der Waals surface area contributed by atoms with Crippen molar-refractivity contribution in [1.82, 2.24) is 10.2 Å². The lowest BCUT2D eigenvalue weighted by molar-refractivity contribution is -0.00186. The highest BCUT2D eigenvalue weighted by Crippen LogP contribution is 2.35. The van der Waals surface area contributed by atoms with Gasteiger partial charge in [0.05, 0.1) is 0 Å². The minimum atomic E-state index is 0.479. The van der Waals surface area contributed by atoms with Crippen LogP contribution in [-0.2, 0) is 4.74 Å². The molecule has 2 saturated heterocycles. The van der Waals surface area contributed by atoms with Crippen LogP contribution in [-0.4, -0.2) is 50.3 Å². The van der Waals surface area contributed by atoms with Gasteiger partial charge < -0.3 is 15.0 Å². The largest absolute Gasteiger partial charge is 0.381 e. The molecule has 3 heteroatoms. The molecule has 1 atom stereocenters. The Kier molecular flexibility index (Phi) is 4.68. The minimum absolute atomic E-state index is 0.479. The maximum Gasteiger partial charge on any atom is 0.0472 e. The maximum absolute atomic E-state index is 5.62. The first-order valence-corrected chi connectivity index (χ1v) is 8.70. The molecule has 1 aliphatic carbocycles. The van der Waals surface area contributed by atoms with Crippen molar-refractivity contribution in [2.75, 3.05) is 39.4 Å². The van der Waals surface area contributed by atoms with E-state index in [-0.39, 0.29) is 0 Å². The first-order valence-electron chi connectivity index (χ1n) is 8.70. The fraction of sp³-hybridized carbons (Fsp3) is 1.00. The second kappa shape index (κ2) is 6.33. The standard InChI is InChI=1S/C17H32N2O/c1-14(2)15-5-8-19(11-15)13-17(6-9-20-10-7-17)12-18-16-3-4-16/h14-16,18H,3-13H2,1-2H3. The van der Waals surface area contributed by atoms with Crippen molar-refractivity contribution in [3.63, 3.8) is 0 Å². The third kappa shape index (κ3) is 3.75. The third-order valence-electron chi connectivity index (χ3n) is 5.71. The van der Waals surface area contributed by atoms with Crippen molar-refractivity contribution in [2.45, 2.75) is 52.0 Å². The molecule has 0 aromatic rings. The van der Waals surface area contributed by atoms with E-state index in [0.717, 1.165) is 31.1 Å². The summed E-state index contributed by atoms with van der Waals surface area (Å²) < 4.78 is 5.62. The average Bonchev–Trinajstić information content (AvgIpc) is 3.16. The molecule has 116 valence electrons. The van der Waals surface area contributed by atoms with Gasteiger partial charge in [-0.15, -0.1) is 0 Å². The molecule has 0 spiro atoms. The fourth-order valence-corrected chi connectivity index (χ4v) is 3.87. The molecule has 3 fully saturated rings. The maximum atomic E-state index is 5.62. The van der Waals surface area contributed by atoms with E-state index < -0.39 is 0 Å². The van der Waals surface area contributed by atoms with Gasteiger partial charge in [0.1, 0.15) is 0 Å². The summed E-state index contributed by atoms with van der Waals surface area (Å²) in [4.78, 5) is 2.74. The first kappa shape index (κ1) is 14.8. The summed E-state index contributed by atoms with van der Waals surface area (Å²) in [5.74, 6) is 1.76. The summed E-state index contributed by atoms with van der Waals surface area (Å²) in [6, 6.07) is 0.830. The molecule has 0 aromatic heterocycles. The van der Waals surface area contributed by atoms with Crippen LogP contribution in [0.2, 0.25) is 0 Å². The van der Waals surface area contributed by atoms with Gasteiger partial charge in [-0.2, -0.15) is 0 Å². The Morgan fingerprint density at radius 1 is 1.20 bits per heavy atom. The lowest BCUT2D eigenvalue weighted by atomic mass is 9.79. The fourth-order valence-electron chi connectivity index (χ4n) is 3.87. The van der Waals surface area contributed by atoms with E-state index in [2.05, 4.69) is 24.1 Å². The van der Waals surface area contributed by atoms with Gasteiger partial charge in [-0.3, -0.25) is 0 Å². The molecule has 0 bridgehead atoms. The minimum Gasteiger partial charge on any atom is -0.381 e. The van der Waals surface area contributed by atoms with Gasteiger partial charge in [0.2, 0.25) is 0 Å². The zero-order valence-electron chi connectivity index (χ0n) is 13.4. The summed E-state index contributed by atoms with van der Waals surface area (Å²) >= 11 is 0. The summed E-state index contributed by atoms with van der Waals surface area (Å²) in [7, 11) is 0. The van der Waals surface area contributed by atoms with Crippen molar-refractivity contribution < 1.29 is 4.74 Å². The van der Waals surface area contributed by atoms with Gasteiger partial charge in [-0.25, -0.2) is 0 Å². The Labute approximate surface area is 124 Å². The smallest absolute Gasteiger partial charge is 0.0472 e. The quantitative estimate of drug-likeness (QED) is 0.809. The van der Waals surface area contributed by atoms with E-state index >= 15 is 0 Å². The SMILES string of the molecule is CC(C)C1CCN(CC2(CNC3CC3)CCOCC2)C1. The van der Waals surface area contributed by atoms with Gasteiger partial charge in [-0.05, 0) is 55.9 Å². The predicted octanol–water partition coefficient (Wildman–Crippen LogP) is 2.51. The Bertz CT molecular complexity index is 308. The van der Waals surface area contributed by atoms with Crippen LogP contribution in [0.25, 0.3) is 0 Å². The van der Waals surface area contributed by atoms with E-state index in [1.54, 1.807) is 0 Å². The van der Waals surface area contributed by atoms with Gasteiger partial charge in [0, 0.05) is 38.9 Å². The molecule has 3 aliphatic rings. The van der Waals surface area contributed by atoms with Crippen LogP contribution in [0, 0.1) is 17.3 Å². The van der Waals surface area contributed by atoms with Gasteiger partial charge in [0.25, 0.3) is 0 Å². The van der Waals surface area contributed by atoms with Crippen molar-refractivity contribution in [2.24, 2.45) is 17.3 Å². The zero-order valence-corrected chi connectivity index (χ0v) is 13.4. The van der Waals surface area contributed by atoms with E-state index in [9.17, 15) is 0 Å². The molecule has 0 aromatic carbocycles. The molecule has 2 aliphatic heterocycles. The van der Waals surface area contributed by atoms with Crippen LogP contribution in [0.15, 0.2) is 0 Å². The van der Waals surface area contributed by atoms with E-state index in [1.807, 2.05) is 0 Å². The van der Waals surface area contributed by atoms with Crippen molar-refractivity contribution in [1.29, 1.82) is 0 Å². The summed E-state index contributed by atoms with van der Waals surface area (Å²) in [6.07, 6.45) is 6.68. The van der Waals surface area contributed by atoms with Crippen LogP contribution in [0.3, 0.4) is 0 Å². The molecule has 3 rings (SSSR count). The molecule has 1 saturated carbocycles. The molecule has 1 unspecified atom stereocenters. The van der Waals surface area contributed by atoms with Gasteiger partial charge >= 0.3 is 0 Å². The second-order valence-corrected chi connectivity index (χ2v) is 7.80. The summed E-state index contributed by atoms with van der Waals surface area (Å²) in [6.45, 7) is 11.8. The lowest BCUT2D eigenvalue weighted by Gasteiger charge is -2.40. The zero-order chi connectivity index (χ0) is 14.0. The van der Waals surface area contributed by atoms with Gasteiger partial charge in [0.15, 0.2) is 0 Å². The molecule has 2 heterocycles. The molecular formula is C17H32N2O. The summed E-state index contributed by atoms with van der Waals surface area (Å²) in [5, 5.41) is 3.79. The van der Waals surface area contributed by atoms with Crippen molar-refractivity contribution >= 4 is 0 Å². The van der Waals surface area contributed by atoms with E-state index in [0.29, 0.717) is 5.41 Å². The number of rotatable bonds is 6. The molecule has 0 amide bonds. The van der Waals surface area contributed by atoms with E-state index in [4.69, 9.17) is 4.74 Å². The van der Waals surface area contributed by atoms with Crippen LogP contribution in [0.4, 0.5) is 0 Å². The highest BCUT2D eigenvalue weighted by Gasteiger charge is 2.38. The second-order valence-electron chi connectivity index (χ2n) is 7.80. The Morgan fingerprint density at radius 3 is 2.55 bits per heavy atom. The lowest BCUT2D eigenvalue weighted by Crippen LogP contribution is -2.47. The Balaban J connectivity index is 1.55. The van der Waals surface area contributed by atoms with Gasteiger partial charge in [-0.1, -0.05) is 13.8 Å². The number of hydrogen-bond donors (Lipinski definition) is 1. The normalized spacial score (nSPS) is 31.1. The number of nitrogens with one attached hydrogen (secondary N) is 1. The highest BCUT2D eigenvalue weighted by molar-refractivity contribution is 4.92. The average molecular weight is 280 g/mol. The number of likely N-dealkylation sites (tertiary alicyclic amines) is 1. The Hall–Kier alpha value is -0.120. The molecule has 3 nitrogen and oxygen atoms in total. The van der Waals surface area contributed by atoms with Crippen molar-refractivity contribution in [3.05, 3.63) is 0 Å². The van der Waals surface area contributed by atoms with Crippen LogP contribution >= 0.6 is 0 Å².